The minimum Gasteiger partial charge on any atom is -0.352 e. The second-order valence-electron chi connectivity index (χ2n) is 8.57. The van der Waals surface area contributed by atoms with Crippen LogP contribution in [-0.2, 0) is 4.79 Å². The predicted octanol–water partition coefficient (Wildman–Crippen LogP) is 4.04. The minimum atomic E-state index is -0.210. The van der Waals surface area contributed by atoms with E-state index < -0.39 is 0 Å². The first-order chi connectivity index (χ1) is 10.6. The van der Waals surface area contributed by atoms with Crippen molar-refractivity contribution in [3.8, 4) is 0 Å². The van der Waals surface area contributed by atoms with E-state index in [9.17, 15) is 9.18 Å². The number of nitrogens with one attached hydrogen (secondary N) is 1. The Morgan fingerprint density at radius 3 is 2.43 bits per heavy atom. The molecule has 1 heterocycles. The zero-order chi connectivity index (χ0) is 17.4. The highest BCUT2D eigenvalue weighted by Crippen LogP contribution is 2.38. The number of likely N-dealkylation sites (tertiary alicyclic amines) is 1. The van der Waals surface area contributed by atoms with Crippen LogP contribution >= 0.6 is 0 Å². The smallest absolute Gasteiger partial charge is 0.249 e. The Morgan fingerprint density at radius 1 is 1.35 bits per heavy atom. The van der Waals surface area contributed by atoms with Crippen molar-refractivity contribution in [2.75, 3.05) is 6.54 Å². The lowest BCUT2D eigenvalue weighted by atomic mass is 9.95. The molecule has 1 aliphatic carbocycles. The van der Waals surface area contributed by atoms with E-state index in [4.69, 9.17) is 0 Å². The number of allylic oxidation sites excluding steroid dienone is 1. The van der Waals surface area contributed by atoms with Crippen LogP contribution in [0.4, 0.5) is 4.39 Å². The number of hydrogen-bond acceptors (Lipinski definition) is 2. The van der Waals surface area contributed by atoms with Crippen LogP contribution < -0.4 is 5.32 Å². The maximum atomic E-state index is 13.6. The number of halogens is 1. The van der Waals surface area contributed by atoms with Crippen molar-refractivity contribution >= 4 is 5.91 Å². The van der Waals surface area contributed by atoms with Gasteiger partial charge in [0.15, 0.2) is 0 Å². The molecule has 1 amide bonds. The SMILES string of the molecule is CC(C)C1C[C@H](CNC(=O)C2=C(F)CCC2)[C@@H](C)N1C(C)(C)C. The molecule has 1 N–H and O–H groups in total. The van der Waals surface area contributed by atoms with Crippen LogP contribution in [0.2, 0.25) is 0 Å². The molecule has 132 valence electrons. The number of carbonyl (C=O) groups is 1. The summed E-state index contributed by atoms with van der Waals surface area (Å²) in [6.07, 6.45) is 2.87. The van der Waals surface area contributed by atoms with Crippen molar-refractivity contribution in [3.05, 3.63) is 11.4 Å². The molecule has 23 heavy (non-hydrogen) atoms. The van der Waals surface area contributed by atoms with Crippen molar-refractivity contribution in [3.63, 3.8) is 0 Å². The molecule has 0 aromatic heterocycles. The number of hydrogen-bond donors (Lipinski definition) is 1. The van der Waals surface area contributed by atoms with Crippen LogP contribution in [0.25, 0.3) is 0 Å². The van der Waals surface area contributed by atoms with E-state index in [-0.39, 0.29) is 17.3 Å². The van der Waals surface area contributed by atoms with Gasteiger partial charge in [0.05, 0.1) is 0 Å². The molecule has 0 radical (unpaired) electrons. The summed E-state index contributed by atoms with van der Waals surface area (Å²) in [7, 11) is 0. The van der Waals surface area contributed by atoms with Crippen molar-refractivity contribution in [1.29, 1.82) is 0 Å². The first kappa shape index (κ1) is 18.4. The van der Waals surface area contributed by atoms with Crippen molar-refractivity contribution in [2.24, 2.45) is 11.8 Å². The molecule has 0 spiro atoms. The van der Waals surface area contributed by atoms with E-state index in [1.807, 2.05) is 0 Å². The summed E-state index contributed by atoms with van der Waals surface area (Å²) < 4.78 is 13.6. The lowest BCUT2D eigenvalue weighted by molar-refractivity contribution is -0.117. The molecular weight excluding hydrogens is 291 g/mol. The number of amides is 1. The molecule has 0 saturated carbocycles. The average Bonchev–Trinajstić information content (AvgIpc) is 2.99. The number of nitrogens with zero attached hydrogens (tertiary/aromatic N) is 1. The summed E-state index contributed by atoms with van der Waals surface area (Å²) in [6, 6.07) is 0.958. The maximum absolute atomic E-state index is 13.6. The van der Waals surface area contributed by atoms with Crippen LogP contribution in [0.5, 0.6) is 0 Å². The Kier molecular flexibility index (Phi) is 5.55. The van der Waals surface area contributed by atoms with E-state index in [0.29, 0.717) is 48.9 Å². The quantitative estimate of drug-likeness (QED) is 0.846. The Hall–Kier alpha value is -0.900. The first-order valence-electron chi connectivity index (χ1n) is 9.07. The van der Waals surface area contributed by atoms with Gasteiger partial charge in [-0.1, -0.05) is 13.8 Å². The standard InChI is InChI=1S/C19H33FN2O/c1-12(2)17-10-14(13(3)22(17)19(4,5)6)11-21-18(23)15-8-7-9-16(15)20/h12-14,17H,7-11H2,1-6H3,(H,21,23)/t13-,14-,17?/m1/s1. The number of carbonyl (C=O) groups excluding carboxylic acids is 1. The number of rotatable bonds is 4. The van der Waals surface area contributed by atoms with E-state index in [1.54, 1.807) is 0 Å². The topological polar surface area (TPSA) is 32.3 Å². The van der Waals surface area contributed by atoms with Crippen LogP contribution in [0, 0.1) is 11.8 Å². The molecule has 3 nitrogen and oxygen atoms in total. The van der Waals surface area contributed by atoms with E-state index in [0.717, 1.165) is 12.8 Å². The van der Waals surface area contributed by atoms with Gasteiger partial charge in [-0.15, -0.1) is 0 Å². The summed E-state index contributed by atoms with van der Waals surface area (Å²) in [5.74, 6) is 0.615. The molecule has 1 saturated heterocycles. The molecular formula is C19H33FN2O. The zero-order valence-electron chi connectivity index (χ0n) is 15.6. The molecule has 2 aliphatic rings. The van der Waals surface area contributed by atoms with Crippen LogP contribution in [-0.4, -0.2) is 35.0 Å². The normalized spacial score (nSPS) is 29.7. The van der Waals surface area contributed by atoms with Gasteiger partial charge < -0.3 is 5.32 Å². The molecule has 2 rings (SSSR count). The van der Waals surface area contributed by atoms with Crippen LogP contribution in [0.15, 0.2) is 11.4 Å². The summed E-state index contributed by atoms with van der Waals surface area (Å²) in [4.78, 5) is 14.8. The van der Waals surface area contributed by atoms with Crippen molar-refractivity contribution < 1.29 is 9.18 Å². The maximum Gasteiger partial charge on any atom is 0.249 e. The van der Waals surface area contributed by atoms with Gasteiger partial charge in [0, 0.05) is 29.7 Å². The zero-order valence-corrected chi connectivity index (χ0v) is 15.6. The third-order valence-electron chi connectivity index (χ3n) is 5.52. The molecule has 3 atom stereocenters. The van der Waals surface area contributed by atoms with Crippen LogP contribution in [0.3, 0.4) is 0 Å². The Balaban J connectivity index is 2.01. The molecule has 0 aromatic rings. The average molecular weight is 324 g/mol. The van der Waals surface area contributed by atoms with Gasteiger partial charge in [0.1, 0.15) is 5.83 Å². The highest BCUT2D eigenvalue weighted by atomic mass is 19.1. The highest BCUT2D eigenvalue weighted by Gasteiger charge is 2.44. The predicted molar refractivity (Wildman–Crippen MR) is 92.8 cm³/mol. The fourth-order valence-corrected chi connectivity index (χ4v) is 4.38. The minimum absolute atomic E-state index is 0.118. The lowest BCUT2D eigenvalue weighted by Gasteiger charge is -2.42. The summed E-state index contributed by atoms with van der Waals surface area (Å²) >= 11 is 0. The monoisotopic (exact) mass is 324 g/mol. The van der Waals surface area contributed by atoms with E-state index in [1.165, 1.54) is 0 Å². The third-order valence-corrected chi connectivity index (χ3v) is 5.52. The van der Waals surface area contributed by atoms with E-state index in [2.05, 4.69) is 51.8 Å². The Bertz CT molecular complexity index is 478. The van der Waals surface area contributed by atoms with Crippen molar-refractivity contribution in [1.82, 2.24) is 10.2 Å². The summed E-state index contributed by atoms with van der Waals surface area (Å²) in [6.45, 7) is 14.2. The third kappa shape index (κ3) is 3.96. The van der Waals surface area contributed by atoms with Crippen molar-refractivity contribution in [2.45, 2.75) is 84.8 Å². The van der Waals surface area contributed by atoms with Crippen LogP contribution in [0.1, 0.15) is 67.2 Å². The van der Waals surface area contributed by atoms with Gasteiger partial charge in [0.2, 0.25) is 5.91 Å². The largest absolute Gasteiger partial charge is 0.352 e. The fraction of sp³-hybridized carbons (Fsp3) is 0.842. The van der Waals surface area contributed by atoms with E-state index >= 15 is 0 Å². The molecule has 1 fully saturated rings. The molecule has 1 unspecified atom stereocenters. The lowest BCUT2D eigenvalue weighted by Crippen LogP contribution is -2.50. The molecule has 4 heteroatoms. The first-order valence-corrected chi connectivity index (χ1v) is 9.07. The van der Waals surface area contributed by atoms with Gasteiger partial charge in [-0.05, 0) is 65.2 Å². The summed E-state index contributed by atoms with van der Waals surface area (Å²) in [5, 5.41) is 3.00. The Morgan fingerprint density at radius 2 is 2.00 bits per heavy atom. The fourth-order valence-electron chi connectivity index (χ4n) is 4.38. The molecule has 0 bridgehead atoms. The van der Waals surface area contributed by atoms with Gasteiger partial charge in [0.25, 0.3) is 0 Å². The van der Waals surface area contributed by atoms with Gasteiger partial charge in [-0.2, -0.15) is 0 Å². The second kappa shape index (κ2) is 6.92. The van der Waals surface area contributed by atoms with Gasteiger partial charge >= 0.3 is 0 Å². The summed E-state index contributed by atoms with van der Waals surface area (Å²) in [5.41, 5.74) is 0.497. The highest BCUT2D eigenvalue weighted by molar-refractivity contribution is 5.94. The molecule has 0 aromatic carbocycles. The molecule has 1 aliphatic heterocycles. The Labute approximate surface area is 140 Å². The van der Waals surface area contributed by atoms with Gasteiger partial charge in [-0.25, -0.2) is 4.39 Å². The van der Waals surface area contributed by atoms with Gasteiger partial charge in [-0.3, -0.25) is 9.69 Å². The second-order valence-corrected chi connectivity index (χ2v) is 8.57.